The first kappa shape index (κ1) is 37.6. The van der Waals surface area contributed by atoms with Crippen molar-refractivity contribution in [2.75, 3.05) is 36.5 Å². The smallest absolute Gasteiger partial charge is 0.411 e. The number of amides is 2. The highest BCUT2D eigenvalue weighted by Gasteiger charge is 2.41. The Morgan fingerprint density at radius 1 is 1.07 bits per heavy atom. The molecule has 0 unspecified atom stereocenters. The summed E-state index contributed by atoms with van der Waals surface area (Å²) in [7, 11) is 1.90. The summed E-state index contributed by atoms with van der Waals surface area (Å²) in [5.41, 5.74) is 3.79. The van der Waals surface area contributed by atoms with Crippen LogP contribution in [0.5, 0.6) is 0 Å². The van der Waals surface area contributed by atoms with Crippen molar-refractivity contribution in [3.63, 3.8) is 0 Å². The average Bonchev–Trinajstić information content (AvgIpc) is 3.89. The van der Waals surface area contributed by atoms with E-state index in [4.69, 9.17) is 24.7 Å². The predicted molar refractivity (Wildman–Crippen MR) is 207 cm³/mol. The van der Waals surface area contributed by atoms with Gasteiger partial charge in [0, 0.05) is 67.9 Å². The Balaban J connectivity index is 1.03. The van der Waals surface area contributed by atoms with E-state index in [0.29, 0.717) is 59.6 Å². The third kappa shape index (κ3) is 7.94. The number of aliphatic hydroxyl groups excluding tert-OH is 1. The van der Waals surface area contributed by atoms with Crippen molar-refractivity contribution in [1.29, 1.82) is 5.26 Å². The number of imidazole rings is 1. The van der Waals surface area contributed by atoms with E-state index < -0.39 is 23.8 Å². The van der Waals surface area contributed by atoms with Gasteiger partial charge < -0.3 is 25.0 Å². The summed E-state index contributed by atoms with van der Waals surface area (Å²) in [4.78, 5) is 50.8. The number of halogens is 1. The summed E-state index contributed by atoms with van der Waals surface area (Å²) < 4.78 is 21.1. The minimum absolute atomic E-state index is 0.0600. The number of thiazole rings is 1. The molecule has 2 amide bonds. The molecule has 55 heavy (non-hydrogen) atoms. The monoisotopic (exact) mass is 766 g/mol. The molecule has 14 nitrogen and oxygen atoms in total. The Morgan fingerprint density at radius 3 is 2.42 bits per heavy atom. The fourth-order valence-corrected chi connectivity index (χ4v) is 7.85. The second-order valence-corrected chi connectivity index (χ2v) is 15.8. The van der Waals surface area contributed by atoms with Crippen LogP contribution in [0.3, 0.4) is 0 Å². The fraction of sp³-hybridized carbons (Fsp3) is 0.410. The average molecular weight is 767 g/mol. The van der Waals surface area contributed by atoms with Crippen LogP contribution < -0.4 is 15.1 Å². The van der Waals surface area contributed by atoms with Crippen LogP contribution in [-0.2, 0) is 16.0 Å². The molecule has 7 rings (SSSR count). The number of nitriles is 1. The van der Waals surface area contributed by atoms with Gasteiger partial charge in [-0.25, -0.2) is 29.1 Å². The highest BCUT2D eigenvalue weighted by atomic mass is 32.1. The van der Waals surface area contributed by atoms with Gasteiger partial charge in [-0.15, -0.1) is 0 Å². The quantitative estimate of drug-likeness (QED) is 0.199. The summed E-state index contributed by atoms with van der Waals surface area (Å²) in [6, 6.07) is 11.3. The predicted octanol–water partition coefficient (Wildman–Crippen LogP) is 5.71. The van der Waals surface area contributed by atoms with Crippen molar-refractivity contribution in [2.24, 2.45) is 0 Å². The maximum absolute atomic E-state index is 13.6. The van der Waals surface area contributed by atoms with E-state index in [9.17, 15) is 24.3 Å². The normalized spacial score (nSPS) is 17.7. The van der Waals surface area contributed by atoms with Crippen LogP contribution in [0.15, 0.2) is 55.0 Å². The molecule has 5 aromatic rings. The minimum atomic E-state index is -0.783. The number of ether oxygens (including phenoxy) is 1. The molecule has 0 saturated carbocycles. The number of aliphatic hydroxyl groups is 1. The number of anilines is 3. The first-order chi connectivity index (χ1) is 26.3. The Labute approximate surface area is 322 Å². The first-order valence-electron chi connectivity index (χ1n) is 18.3. The number of rotatable bonds is 8. The molecule has 2 fully saturated rings. The lowest BCUT2D eigenvalue weighted by Gasteiger charge is -2.34. The molecule has 1 aromatic carbocycles. The van der Waals surface area contributed by atoms with Crippen molar-refractivity contribution in [3.05, 3.63) is 71.4 Å². The lowest BCUT2D eigenvalue weighted by atomic mass is 10.0. The van der Waals surface area contributed by atoms with Gasteiger partial charge in [0.15, 0.2) is 5.13 Å². The van der Waals surface area contributed by atoms with Crippen LogP contribution >= 0.6 is 11.3 Å². The summed E-state index contributed by atoms with van der Waals surface area (Å²) in [6.45, 7) is 8.67. The number of nitrogens with zero attached hydrogens (tertiary/aromatic N) is 9. The van der Waals surface area contributed by atoms with Crippen LogP contribution in [-0.4, -0.2) is 96.8 Å². The number of fused-ring (bicyclic) bond motifs is 1. The van der Waals surface area contributed by atoms with Crippen molar-refractivity contribution in [3.8, 4) is 28.5 Å². The molecular formula is C39H43FN10O4S. The molecule has 2 N–H and O–H groups in total. The number of carbonyl (C=O) groups is 2. The third-order valence-corrected chi connectivity index (χ3v) is 10.8. The summed E-state index contributed by atoms with van der Waals surface area (Å²) in [6.07, 6.45) is 6.39. The number of aromatic nitrogens is 5. The third-order valence-electron chi connectivity index (χ3n) is 9.74. The molecule has 2 saturated heterocycles. The number of pyridine rings is 1. The summed E-state index contributed by atoms with van der Waals surface area (Å²) in [5.74, 6) is 0.766. The SMILES string of the molecule is CCc1nc2ccc(-c3cnc(N4CCC(NC(=O)[C@@H]5C[C@H](O)CN5C(=O)OC(C)(C)C)CC4)nc3)cn2c1N(C)c1nc(-c2ccc(F)cc2)c(C#N)s1. The van der Waals surface area contributed by atoms with Gasteiger partial charge in [-0.2, -0.15) is 5.26 Å². The highest BCUT2D eigenvalue weighted by Crippen LogP contribution is 2.37. The van der Waals surface area contributed by atoms with E-state index in [-0.39, 0.29) is 30.7 Å². The molecule has 2 atom stereocenters. The number of hydrogen-bond donors (Lipinski definition) is 2. The van der Waals surface area contributed by atoms with E-state index in [0.717, 1.165) is 28.3 Å². The van der Waals surface area contributed by atoms with Gasteiger partial charge in [0.05, 0.1) is 18.3 Å². The Morgan fingerprint density at radius 2 is 1.76 bits per heavy atom. The fourth-order valence-electron chi connectivity index (χ4n) is 7.01. The van der Waals surface area contributed by atoms with Crippen LogP contribution in [0.2, 0.25) is 0 Å². The maximum atomic E-state index is 13.6. The zero-order valence-electron chi connectivity index (χ0n) is 31.4. The molecule has 286 valence electrons. The number of benzene rings is 1. The van der Waals surface area contributed by atoms with Gasteiger partial charge in [0.1, 0.15) is 45.6 Å². The summed E-state index contributed by atoms with van der Waals surface area (Å²) >= 11 is 1.27. The first-order valence-corrected chi connectivity index (χ1v) is 19.1. The number of aryl methyl sites for hydroxylation is 1. The standard InChI is InChI=1S/C39H43FN10O4S/c1-6-29-35(47(5)37-46-33(31(18-41)55-37)23-7-10-26(40)11-8-23)50-21-24(9-12-32(50)45-29)25-19-42-36(43-20-25)48-15-13-27(14-16-48)44-34(52)30-17-28(51)22-49(30)38(53)54-39(2,3)4/h7-12,19-21,27-28,30,51H,6,13-17,22H2,1-5H3,(H,44,52)/t28-,30-/m0/s1. The molecule has 6 heterocycles. The van der Waals surface area contributed by atoms with Crippen LogP contribution in [0.1, 0.15) is 57.5 Å². The summed E-state index contributed by atoms with van der Waals surface area (Å²) in [5, 5.41) is 23.8. The van der Waals surface area contributed by atoms with Gasteiger partial charge in [-0.05, 0) is 76.4 Å². The molecule has 0 spiro atoms. The molecule has 0 radical (unpaired) electrons. The van der Waals surface area contributed by atoms with Crippen molar-refractivity contribution >= 4 is 45.9 Å². The number of likely N-dealkylation sites (tertiary alicyclic amines) is 1. The van der Waals surface area contributed by atoms with Crippen molar-refractivity contribution < 1.29 is 23.8 Å². The lowest BCUT2D eigenvalue weighted by molar-refractivity contribution is -0.126. The van der Waals surface area contributed by atoms with Gasteiger partial charge >= 0.3 is 6.09 Å². The molecule has 2 aliphatic heterocycles. The lowest BCUT2D eigenvalue weighted by Crippen LogP contribution is -2.52. The van der Waals surface area contributed by atoms with Gasteiger partial charge in [-0.3, -0.25) is 14.1 Å². The number of nitrogens with one attached hydrogen (secondary N) is 1. The van der Waals surface area contributed by atoms with E-state index >= 15 is 0 Å². The van der Waals surface area contributed by atoms with Crippen molar-refractivity contribution in [2.45, 2.75) is 77.2 Å². The second-order valence-electron chi connectivity index (χ2n) is 14.8. The zero-order chi connectivity index (χ0) is 39.0. The number of piperidine rings is 1. The largest absolute Gasteiger partial charge is 0.444 e. The minimum Gasteiger partial charge on any atom is -0.444 e. The maximum Gasteiger partial charge on any atom is 0.411 e. The van der Waals surface area contributed by atoms with Crippen LogP contribution in [0.4, 0.5) is 26.1 Å². The van der Waals surface area contributed by atoms with Crippen LogP contribution in [0, 0.1) is 17.1 Å². The van der Waals surface area contributed by atoms with Crippen molar-refractivity contribution in [1.82, 2.24) is 34.6 Å². The highest BCUT2D eigenvalue weighted by molar-refractivity contribution is 7.16. The number of hydrogen-bond acceptors (Lipinski definition) is 12. The molecule has 4 aromatic heterocycles. The van der Waals surface area contributed by atoms with E-state index in [1.165, 1.54) is 28.4 Å². The molecule has 2 aliphatic rings. The van der Waals surface area contributed by atoms with E-state index in [1.54, 1.807) is 45.3 Å². The number of β-amino-alcohol motifs (C(OH)–C–C–N with tert-alkyl or cyclic N) is 1. The topological polar surface area (TPSA) is 165 Å². The molecular weight excluding hydrogens is 724 g/mol. The molecule has 0 aliphatic carbocycles. The van der Waals surface area contributed by atoms with E-state index in [1.807, 2.05) is 41.6 Å². The Hall–Kier alpha value is -5.66. The van der Waals surface area contributed by atoms with Gasteiger partial charge in [0.2, 0.25) is 11.9 Å². The zero-order valence-corrected chi connectivity index (χ0v) is 32.2. The van der Waals surface area contributed by atoms with Gasteiger partial charge in [0.25, 0.3) is 0 Å². The molecule has 0 bridgehead atoms. The van der Waals surface area contributed by atoms with Gasteiger partial charge in [-0.1, -0.05) is 18.3 Å². The Bertz CT molecular complexity index is 2240. The second kappa shape index (κ2) is 15.2. The Kier molecular flexibility index (Phi) is 10.4. The number of carbonyl (C=O) groups excluding carboxylic acids is 2. The van der Waals surface area contributed by atoms with Crippen LogP contribution in [0.25, 0.3) is 28.0 Å². The van der Waals surface area contributed by atoms with E-state index in [2.05, 4.69) is 16.3 Å². The molecule has 16 heteroatoms.